The Balaban J connectivity index is -0.0000000500. The molecule has 0 radical (unpaired) electrons. The van der Waals surface area contributed by atoms with E-state index in [9.17, 15) is 24.6 Å². The molecule has 17 heteroatoms. The van der Waals surface area contributed by atoms with Crippen LogP contribution in [0.25, 0.3) is 0 Å². The fourth-order valence-electron chi connectivity index (χ4n) is 0. The summed E-state index contributed by atoms with van der Waals surface area (Å²) < 4.78 is 59.3. The van der Waals surface area contributed by atoms with E-state index in [4.69, 9.17) is 22.9 Å². The van der Waals surface area contributed by atoms with Gasteiger partial charge in [0.15, 0.2) is 0 Å². The molecular formula is C2H18F6N8O2Si. The maximum atomic E-state index is 9.88. The number of nitrogens with two attached hydrogens (primary N) is 6. The van der Waals surface area contributed by atoms with Gasteiger partial charge in [-0.2, -0.15) is 10.2 Å². The molecule has 0 aromatic rings. The van der Waals surface area contributed by atoms with Crippen molar-refractivity contribution >= 4 is 20.6 Å². The molecule has 0 heterocycles. The summed E-state index contributed by atoms with van der Waals surface area (Å²) in [5.74, 6) is 9.33. The Morgan fingerprint density at radius 2 is 0.684 bits per heavy atom. The Morgan fingerprint density at radius 1 is 0.632 bits per heavy atom. The van der Waals surface area contributed by atoms with Gasteiger partial charge in [0.2, 0.25) is 0 Å². The predicted molar refractivity (Wildman–Crippen MR) is 56.7 cm³/mol. The van der Waals surface area contributed by atoms with Gasteiger partial charge in [-0.25, -0.2) is 0 Å². The maximum Gasteiger partial charge on any atom is 0.360 e. The number of guanidine groups is 2. The van der Waals surface area contributed by atoms with Gasteiger partial charge in [0.1, 0.15) is 0 Å². The first-order chi connectivity index (χ1) is 6.99. The Morgan fingerprint density at radius 3 is 0.684 bits per heavy atom. The van der Waals surface area contributed by atoms with Crippen molar-refractivity contribution in [3.8, 4) is 0 Å². The Kier molecular flexibility index (Phi) is 12.8. The molecule has 10 nitrogen and oxygen atoms in total. The van der Waals surface area contributed by atoms with Gasteiger partial charge in [-0.15, -0.1) is 0 Å². The van der Waals surface area contributed by atoms with Crippen LogP contribution in [-0.2, 0) is 0 Å². The van der Waals surface area contributed by atoms with Crippen molar-refractivity contribution in [2.24, 2.45) is 34.6 Å². The number of halogens is 6. The van der Waals surface area contributed by atoms with Gasteiger partial charge < -0.3 is 11.0 Å². The van der Waals surface area contributed by atoms with Crippen LogP contribution in [0.1, 0.15) is 0 Å². The summed E-state index contributed by atoms with van der Waals surface area (Å²) >= 11 is 0. The molecule has 0 aliphatic heterocycles. The summed E-state index contributed by atoms with van der Waals surface area (Å²) in [5, 5.41) is 4.00. The standard InChI is InChI=1S/2CH6N4.F6Si.2H2O/c2*2-1(3)5-4;1-7(2,3,4,5)6;;/h2*4H2,(H4,2,3,5);;2*1H2/q;;-2;;/p+2. The van der Waals surface area contributed by atoms with Gasteiger partial charge in [-0.1, -0.05) is 0 Å². The van der Waals surface area contributed by atoms with E-state index in [1.54, 1.807) is 0 Å². The van der Waals surface area contributed by atoms with Crippen LogP contribution in [0, 0.1) is 0 Å². The quantitative estimate of drug-likeness (QED) is 0.0407. The molecule has 0 aromatic carbocycles. The van der Waals surface area contributed by atoms with Crippen LogP contribution >= 0.6 is 0 Å². The molecule has 0 rings (SSSR count). The van der Waals surface area contributed by atoms with Gasteiger partial charge in [0.05, 0.1) is 0 Å². The van der Waals surface area contributed by atoms with Crippen molar-refractivity contribution in [3.05, 3.63) is 0 Å². The van der Waals surface area contributed by atoms with Gasteiger partial charge in [-0.3, -0.25) is 34.6 Å². The topological polar surface area (TPSA) is 247 Å². The summed E-state index contributed by atoms with van der Waals surface area (Å²) in [5.41, 5.74) is 19.0. The van der Waals surface area contributed by atoms with Crippen LogP contribution in [-0.4, -0.2) is 31.5 Å². The van der Waals surface area contributed by atoms with E-state index in [-0.39, 0.29) is 22.9 Å². The fourth-order valence-corrected chi connectivity index (χ4v) is 0. The second kappa shape index (κ2) is 8.05. The van der Waals surface area contributed by atoms with Crippen molar-refractivity contribution in [1.29, 1.82) is 0 Å². The van der Waals surface area contributed by atoms with E-state index in [1.165, 1.54) is 0 Å². The molecule has 0 aromatic heterocycles. The summed E-state index contributed by atoms with van der Waals surface area (Å²) in [4.78, 5) is 0. The van der Waals surface area contributed by atoms with Crippen LogP contribution in [0.3, 0.4) is 0 Å². The Bertz CT molecular complexity index is 250. The largest absolute Gasteiger partial charge is 0.412 e. The molecule has 0 spiro atoms. The zero-order chi connectivity index (χ0) is 15.0. The zero-order valence-electron chi connectivity index (χ0n) is 9.23. The third-order valence-corrected chi connectivity index (χ3v) is 0.333. The van der Waals surface area contributed by atoms with Gasteiger partial charge in [0, 0.05) is 0 Å². The maximum absolute atomic E-state index is 10.8. The van der Waals surface area contributed by atoms with E-state index in [0.717, 1.165) is 0 Å². The molecule has 0 saturated carbocycles. The van der Waals surface area contributed by atoms with Crippen molar-refractivity contribution < 1.29 is 45.8 Å². The molecule has 0 aliphatic rings. The van der Waals surface area contributed by atoms with Crippen LogP contribution in [0.4, 0.5) is 24.6 Å². The number of hydrazone groups is 2. The number of hydrogen-bond acceptors (Lipinski definition) is 2. The minimum Gasteiger partial charge on any atom is -0.412 e. The molecule has 0 fully saturated rings. The first kappa shape index (κ1) is 30.1. The monoisotopic (exact) mass is 328 g/mol. The summed E-state index contributed by atoms with van der Waals surface area (Å²) in [6, 6.07) is 0. The molecule has 0 saturated heterocycles. The normalized spacial score (nSPS) is 11.9. The zero-order valence-corrected chi connectivity index (χ0v) is 10.2. The molecule has 124 valence electrons. The number of hydrazine groups is 2. The van der Waals surface area contributed by atoms with E-state index >= 15 is 0 Å². The van der Waals surface area contributed by atoms with Gasteiger partial charge in [-0.05, 0) is 0 Å². The summed E-state index contributed by atoms with van der Waals surface area (Å²) in [7, 11) is -10.8. The van der Waals surface area contributed by atoms with Crippen LogP contribution in [0.2, 0.25) is 0 Å². The molecule has 0 amide bonds. The minimum atomic E-state index is -10.8. The molecule has 18 N–H and O–H groups in total. The number of rotatable bonds is 0. The van der Waals surface area contributed by atoms with Crippen LogP contribution in [0.15, 0.2) is 0 Å². The van der Waals surface area contributed by atoms with E-state index in [1.807, 2.05) is 10.2 Å². The smallest absolute Gasteiger partial charge is 0.360 e. The first-order valence-electron chi connectivity index (χ1n) is 3.37. The number of nitrogens with one attached hydrogen (secondary N) is 2. The van der Waals surface area contributed by atoms with E-state index in [0.29, 0.717) is 0 Å². The number of hydrogen-bond donors (Lipinski definition) is 8. The second-order valence-electron chi connectivity index (χ2n) is 2.27. The average molecular weight is 328 g/mol. The van der Waals surface area contributed by atoms with Crippen molar-refractivity contribution in [2.45, 2.75) is 0 Å². The molecule has 0 aliphatic carbocycles. The molecule has 19 heavy (non-hydrogen) atoms. The van der Waals surface area contributed by atoms with E-state index < -0.39 is 8.63 Å². The van der Waals surface area contributed by atoms with Crippen molar-refractivity contribution in [2.75, 3.05) is 0 Å². The van der Waals surface area contributed by atoms with Crippen molar-refractivity contribution in [1.82, 2.24) is 0 Å². The molecule has 0 unspecified atom stereocenters. The second-order valence-corrected chi connectivity index (χ2v) is 4.41. The first-order valence-corrected chi connectivity index (χ1v) is 5.63. The Hall–Kier alpha value is -2.14. The third-order valence-electron chi connectivity index (χ3n) is 0.333. The fraction of sp³-hybridized carbons (Fsp3) is 0. The summed E-state index contributed by atoms with van der Waals surface area (Å²) in [6.45, 7) is 0. The van der Waals surface area contributed by atoms with Crippen LogP contribution in [0.5, 0.6) is 0 Å². The molecule has 0 bridgehead atoms. The van der Waals surface area contributed by atoms with E-state index in [2.05, 4.69) is 11.7 Å². The predicted octanol–water partition coefficient (Wildman–Crippen LogP) is -7.08. The van der Waals surface area contributed by atoms with Gasteiger partial charge >= 0.3 is 45.2 Å². The average Bonchev–Trinajstić information content (AvgIpc) is 1.99. The van der Waals surface area contributed by atoms with Gasteiger partial charge in [0.25, 0.3) is 0 Å². The van der Waals surface area contributed by atoms with Crippen molar-refractivity contribution in [3.63, 3.8) is 0 Å². The van der Waals surface area contributed by atoms with Crippen LogP contribution < -0.4 is 44.8 Å². The summed E-state index contributed by atoms with van der Waals surface area (Å²) in [6.07, 6.45) is 0. The molecular weight excluding hydrogens is 310 g/mol. The Labute approximate surface area is 102 Å². The minimum absolute atomic E-state index is 0. The third kappa shape index (κ3) is 883. The SMILES string of the molecule is F[Si-2](F)(F)(F)(F)F.N[NH+]=C(N)N.N[NH+]=C(N)N.O.O. The molecule has 0 atom stereocenters.